The number of furan rings is 1. The predicted molar refractivity (Wildman–Crippen MR) is 288 cm³/mol. The topological polar surface area (TPSA) is 16.4 Å². The lowest BCUT2D eigenvalue weighted by molar-refractivity contribution is 0.670. The molecule has 68 heavy (non-hydrogen) atoms. The molecule has 1 heterocycles. The number of hydrogen-bond donors (Lipinski definition) is 0. The van der Waals surface area contributed by atoms with Crippen LogP contribution in [0.4, 0.5) is 17.1 Å². The monoisotopic (exact) mass is 865 g/mol. The van der Waals surface area contributed by atoms with E-state index >= 15 is 0 Å². The molecule has 1 aromatic heterocycles. The highest BCUT2D eigenvalue weighted by atomic mass is 16.3. The average molecular weight is 866 g/mol. The van der Waals surface area contributed by atoms with Gasteiger partial charge in [0.25, 0.3) is 0 Å². The molecule has 0 atom stereocenters. The van der Waals surface area contributed by atoms with E-state index < -0.39 is 0 Å². The molecule has 0 fully saturated rings. The van der Waals surface area contributed by atoms with E-state index in [2.05, 4.69) is 260 Å². The minimum absolute atomic E-state index is 0.892. The van der Waals surface area contributed by atoms with Crippen LogP contribution < -0.4 is 4.90 Å². The molecular formula is C66H43NO. The van der Waals surface area contributed by atoms with Gasteiger partial charge in [0.15, 0.2) is 0 Å². The van der Waals surface area contributed by atoms with Crippen molar-refractivity contribution >= 4 is 71.3 Å². The van der Waals surface area contributed by atoms with Crippen LogP contribution in [0.2, 0.25) is 0 Å². The van der Waals surface area contributed by atoms with Crippen molar-refractivity contribution in [1.82, 2.24) is 0 Å². The van der Waals surface area contributed by atoms with Gasteiger partial charge in [-0.1, -0.05) is 218 Å². The van der Waals surface area contributed by atoms with Crippen LogP contribution in [0.15, 0.2) is 265 Å². The van der Waals surface area contributed by atoms with Crippen LogP contribution in [0.25, 0.3) is 110 Å². The minimum Gasteiger partial charge on any atom is -0.455 e. The number of nitrogens with zero attached hydrogens (tertiary/aromatic N) is 1. The lowest BCUT2D eigenvalue weighted by atomic mass is 9.84. The Hall–Kier alpha value is -8.98. The van der Waals surface area contributed by atoms with Gasteiger partial charge in [0.1, 0.15) is 11.2 Å². The maximum Gasteiger partial charge on any atom is 0.143 e. The van der Waals surface area contributed by atoms with Gasteiger partial charge in [-0.2, -0.15) is 0 Å². The highest BCUT2D eigenvalue weighted by Crippen LogP contribution is 2.48. The number of anilines is 3. The van der Waals surface area contributed by atoms with Gasteiger partial charge < -0.3 is 9.32 Å². The smallest absolute Gasteiger partial charge is 0.143 e. The van der Waals surface area contributed by atoms with E-state index in [9.17, 15) is 0 Å². The number of para-hydroxylation sites is 2. The molecule has 2 nitrogen and oxygen atoms in total. The molecular weight excluding hydrogens is 823 g/mol. The third-order valence-electron chi connectivity index (χ3n) is 13.6. The molecule has 0 aliphatic rings. The molecule has 13 aromatic rings. The van der Waals surface area contributed by atoms with Crippen LogP contribution in [-0.4, -0.2) is 0 Å². The zero-order valence-corrected chi connectivity index (χ0v) is 37.2. The number of hydrogen-bond acceptors (Lipinski definition) is 2. The second kappa shape index (κ2) is 16.5. The number of rotatable bonds is 8. The van der Waals surface area contributed by atoms with Crippen LogP contribution in [0, 0.1) is 0 Å². The van der Waals surface area contributed by atoms with Crippen molar-refractivity contribution in [3.05, 3.63) is 261 Å². The van der Waals surface area contributed by atoms with Crippen LogP contribution in [-0.2, 0) is 0 Å². The van der Waals surface area contributed by atoms with Gasteiger partial charge in [-0.05, 0) is 119 Å². The summed E-state index contributed by atoms with van der Waals surface area (Å²) in [5.41, 5.74) is 16.7. The van der Waals surface area contributed by atoms with Crippen LogP contribution in [0.1, 0.15) is 0 Å². The molecule has 0 saturated heterocycles. The first-order valence-electron chi connectivity index (χ1n) is 23.3. The highest BCUT2D eigenvalue weighted by molar-refractivity contribution is 6.22. The SMILES string of the molecule is c1ccc(-c2ccc(N(c3cccc(-c4ccc5c(c4)c(-c4ccccc4)c(-c4ccccc4)c4ccccc45)c3)c3cccc(-c4cccc5c4oc4ccccc45)c3)c3ccccc23)cc1. The fourth-order valence-electron chi connectivity index (χ4n) is 10.6. The Balaban J connectivity index is 1.03. The average Bonchev–Trinajstić information content (AvgIpc) is 3.80. The molecule has 318 valence electrons. The Morgan fingerprint density at radius 3 is 1.47 bits per heavy atom. The fourth-order valence-corrected chi connectivity index (χ4v) is 10.6. The molecule has 12 aromatic carbocycles. The summed E-state index contributed by atoms with van der Waals surface area (Å²) in [5, 5.41) is 9.57. The largest absolute Gasteiger partial charge is 0.455 e. The Kier molecular flexibility index (Phi) is 9.54. The van der Waals surface area contributed by atoms with Crippen molar-refractivity contribution < 1.29 is 4.42 Å². The Morgan fingerprint density at radius 1 is 0.250 bits per heavy atom. The van der Waals surface area contributed by atoms with Gasteiger partial charge in [0.05, 0.1) is 5.69 Å². The van der Waals surface area contributed by atoms with Crippen LogP contribution in [0.3, 0.4) is 0 Å². The summed E-state index contributed by atoms with van der Waals surface area (Å²) in [6.45, 7) is 0. The van der Waals surface area contributed by atoms with E-state index in [-0.39, 0.29) is 0 Å². The van der Waals surface area contributed by atoms with Crippen molar-refractivity contribution in [1.29, 1.82) is 0 Å². The molecule has 13 rings (SSSR count). The summed E-state index contributed by atoms with van der Waals surface area (Å²) in [7, 11) is 0. The zero-order valence-electron chi connectivity index (χ0n) is 37.2. The number of fused-ring (bicyclic) bond motifs is 7. The molecule has 0 radical (unpaired) electrons. The van der Waals surface area contributed by atoms with Gasteiger partial charge >= 0.3 is 0 Å². The van der Waals surface area contributed by atoms with E-state index in [0.29, 0.717) is 0 Å². The second-order valence-electron chi connectivity index (χ2n) is 17.5. The van der Waals surface area contributed by atoms with Gasteiger partial charge in [-0.3, -0.25) is 0 Å². The molecule has 0 saturated carbocycles. The molecule has 0 aliphatic carbocycles. The summed E-state index contributed by atoms with van der Waals surface area (Å²) in [5.74, 6) is 0. The first kappa shape index (κ1) is 39.4. The van der Waals surface area contributed by atoms with Gasteiger partial charge in [-0.25, -0.2) is 0 Å². The molecule has 0 bridgehead atoms. The van der Waals surface area contributed by atoms with Crippen LogP contribution >= 0.6 is 0 Å². The molecule has 0 unspecified atom stereocenters. The van der Waals surface area contributed by atoms with E-state index in [0.717, 1.165) is 61.3 Å². The van der Waals surface area contributed by atoms with E-state index in [4.69, 9.17) is 4.42 Å². The third-order valence-corrected chi connectivity index (χ3v) is 13.6. The lowest BCUT2D eigenvalue weighted by Crippen LogP contribution is -2.11. The number of benzene rings is 12. The van der Waals surface area contributed by atoms with Crippen LogP contribution in [0.5, 0.6) is 0 Å². The minimum atomic E-state index is 0.892. The summed E-state index contributed by atoms with van der Waals surface area (Å²) in [6.07, 6.45) is 0. The maximum absolute atomic E-state index is 6.59. The predicted octanol–water partition coefficient (Wildman–Crippen LogP) is 18.9. The maximum atomic E-state index is 6.59. The van der Waals surface area contributed by atoms with E-state index in [1.165, 1.54) is 65.7 Å². The Bertz CT molecular complexity index is 4020. The Labute approximate surface area is 395 Å². The van der Waals surface area contributed by atoms with Crippen molar-refractivity contribution in [2.75, 3.05) is 4.90 Å². The highest BCUT2D eigenvalue weighted by Gasteiger charge is 2.22. The fraction of sp³-hybridized carbons (Fsp3) is 0. The zero-order chi connectivity index (χ0) is 45.0. The lowest BCUT2D eigenvalue weighted by Gasteiger charge is -2.28. The Morgan fingerprint density at radius 2 is 0.750 bits per heavy atom. The van der Waals surface area contributed by atoms with E-state index in [1.807, 2.05) is 6.07 Å². The summed E-state index contributed by atoms with van der Waals surface area (Å²) in [4.78, 5) is 2.43. The molecule has 0 aliphatic heterocycles. The molecule has 2 heteroatoms. The molecule has 0 spiro atoms. The van der Waals surface area contributed by atoms with Crippen molar-refractivity contribution in [3.63, 3.8) is 0 Å². The first-order valence-corrected chi connectivity index (χ1v) is 23.3. The van der Waals surface area contributed by atoms with Gasteiger partial charge in [-0.15, -0.1) is 0 Å². The van der Waals surface area contributed by atoms with Gasteiger partial charge in [0, 0.05) is 33.1 Å². The standard InChI is InChI=1S/C66H43NO/c1-4-19-44(20-5-1)52-39-40-62(57-31-12-10-29-54(52)57)67(51-28-17-26-49(42-51)53-34-18-35-60-58-32-14-15-36-63(58)68-66(53)60)50-27-16-25-47(41-50)48-37-38-56-55-30-11-13-33-59(55)64(45-21-6-2-7-22-45)65(61(56)43-48)46-23-8-3-9-24-46/h1-43H. The summed E-state index contributed by atoms with van der Waals surface area (Å²) < 4.78 is 6.59. The quantitative estimate of drug-likeness (QED) is 0.142. The van der Waals surface area contributed by atoms with Gasteiger partial charge in [0.2, 0.25) is 0 Å². The summed E-state index contributed by atoms with van der Waals surface area (Å²) >= 11 is 0. The molecule has 0 amide bonds. The normalized spacial score (nSPS) is 11.5. The summed E-state index contributed by atoms with van der Waals surface area (Å²) in [6, 6.07) is 94.5. The van der Waals surface area contributed by atoms with E-state index in [1.54, 1.807) is 0 Å². The van der Waals surface area contributed by atoms with Crippen molar-refractivity contribution in [2.24, 2.45) is 0 Å². The third kappa shape index (κ3) is 6.65. The van der Waals surface area contributed by atoms with Crippen molar-refractivity contribution in [3.8, 4) is 55.6 Å². The van der Waals surface area contributed by atoms with Crippen molar-refractivity contribution in [2.45, 2.75) is 0 Å². The molecule has 0 N–H and O–H groups in total. The first-order chi connectivity index (χ1) is 33.7. The second-order valence-corrected chi connectivity index (χ2v) is 17.5.